The van der Waals surface area contributed by atoms with Crippen molar-refractivity contribution in [1.82, 2.24) is 5.43 Å². The Balaban J connectivity index is 1.84. The van der Waals surface area contributed by atoms with Crippen molar-refractivity contribution in [2.45, 2.75) is 0 Å². The van der Waals surface area contributed by atoms with E-state index in [0.29, 0.717) is 26.7 Å². The molecule has 0 aliphatic carbocycles. The minimum absolute atomic E-state index is 0.124. The second-order valence-electron chi connectivity index (χ2n) is 4.72. The van der Waals surface area contributed by atoms with E-state index in [1.54, 1.807) is 42.5 Å². The molecule has 0 aliphatic rings. The molecule has 0 unspecified atom stereocenters. The lowest BCUT2D eigenvalue weighted by atomic mass is 10.2. The maximum Gasteiger partial charge on any atom is 0.349 e. The van der Waals surface area contributed by atoms with Gasteiger partial charge in [-0.2, -0.15) is 0 Å². The van der Waals surface area contributed by atoms with Crippen molar-refractivity contribution in [2.24, 2.45) is 0 Å². The maximum atomic E-state index is 12.1. The molecule has 0 atom stereocenters. The summed E-state index contributed by atoms with van der Waals surface area (Å²) in [6.45, 7) is 0. The minimum Gasteiger partial charge on any atom is -0.422 e. The second kappa shape index (κ2) is 6.32. The number of nitrogens with one attached hydrogen (secondary N) is 2. The van der Waals surface area contributed by atoms with Gasteiger partial charge in [-0.25, -0.2) is 4.79 Å². The predicted octanol–water partition coefficient (Wildman–Crippen LogP) is 3.86. The molecule has 116 valence electrons. The Morgan fingerprint density at radius 1 is 0.957 bits per heavy atom. The summed E-state index contributed by atoms with van der Waals surface area (Å²) in [7, 11) is 0. The van der Waals surface area contributed by atoms with Gasteiger partial charge in [-0.1, -0.05) is 23.2 Å². The van der Waals surface area contributed by atoms with Crippen LogP contribution in [0.4, 0.5) is 5.69 Å². The summed E-state index contributed by atoms with van der Waals surface area (Å²) < 4.78 is 5.12. The van der Waals surface area contributed by atoms with E-state index in [0.717, 1.165) is 0 Å². The molecule has 2 N–H and O–H groups in total. The van der Waals surface area contributed by atoms with Crippen LogP contribution < -0.4 is 16.5 Å². The molecule has 1 amide bonds. The topological polar surface area (TPSA) is 71.3 Å². The number of carbonyl (C=O) groups is 1. The van der Waals surface area contributed by atoms with Crippen molar-refractivity contribution in [1.29, 1.82) is 0 Å². The summed E-state index contributed by atoms with van der Waals surface area (Å²) >= 11 is 11.7. The molecule has 0 radical (unpaired) electrons. The standard InChI is InChI=1S/C16H10Cl2N2O3/c17-10-1-4-12(5-2-10)19-20-15(21)13-8-9-7-11(18)3-6-14(9)23-16(13)22/h1-8,19H,(H,20,21). The van der Waals surface area contributed by atoms with E-state index in [4.69, 9.17) is 27.6 Å². The van der Waals surface area contributed by atoms with Gasteiger partial charge < -0.3 is 4.42 Å². The van der Waals surface area contributed by atoms with Crippen molar-refractivity contribution >= 4 is 45.8 Å². The van der Waals surface area contributed by atoms with Crippen molar-refractivity contribution < 1.29 is 9.21 Å². The first-order chi connectivity index (χ1) is 11.0. The van der Waals surface area contributed by atoms with Gasteiger partial charge in [-0.3, -0.25) is 15.6 Å². The largest absolute Gasteiger partial charge is 0.422 e. The first-order valence-corrected chi connectivity index (χ1v) is 7.34. The first-order valence-electron chi connectivity index (χ1n) is 6.58. The first kappa shape index (κ1) is 15.4. The van der Waals surface area contributed by atoms with Gasteiger partial charge in [0.2, 0.25) is 0 Å². The lowest BCUT2D eigenvalue weighted by Gasteiger charge is -2.08. The van der Waals surface area contributed by atoms with Crippen LogP contribution >= 0.6 is 23.2 Å². The molecule has 3 rings (SSSR count). The van der Waals surface area contributed by atoms with E-state index in [2.05, 4.69) is 10.9 Å². The van der Waals surface area contributed by atoms with Crippen molar-refractivity contribution in [3.63, 3.8) is 0 Å². The Morgan fingerprint density at radius 2 is 1.65 bits per heavy atom. The second-order valence-corrected chi connectivity index (χ2v) is 5.59. The summed E-state index contributed by atoms with van der Waals surface area (Å²) in [5.41, 5.74) is 5.26. The summed E-state index contributed by atoms with van der Waals surface area (Å²) in [5.74, 6) is -0.615. The van der Waals surface area contributed by atoms with Crippen LogP contribution in [-0.4, -0.2) is 5.91 Å². The number of carbonyl (C=O) groups excluding carboxylic acids is 1. The number of fused-ring (bicyclic) bond motifs is 1. The van der Waals surface area contributed by atoms with Crippen LogP contribution in [0.2, 0.25) is 10.0 Å². The van der Waals surface area contributed by atoms with Crippen LogP contribution in [0.1, 0.15) is 10.4 Å². The smallest absolute Gasteiger partial charge is 0.349 e. The summed E-state index contributed by atoms with van der Waals surface area (Å²) in [5, 5.41) is 1.62. The normalized spacial score (nSPS) is 10.5. The van der Waals surface area contributed by atoms with Gasteiger partial charge in [-0.15, -0.1) is 0 Å². The van der Waals surface area contributed by atoms with Gasteiger partial charge in [-0.05, 0) is 48.5 Å². The van der Waals surface area contributed by atoms with Crippen LogP contribution in [0.5, 0.6) is 0 Å². The van der Waals surface area contributed by atoms with E-state index in [9.17, 15) is 9.59 Å². The quantitative estimate of drug-likeness (QED) is 0.556. The zero-order valence-electron chi connectivity index (χ0n) is 11.6. The van der Waals surface area contributed by atoms with E-state index in [-0.39, 0.29) is 5.56 Å². The Kier molecular flexibility index (Phi) is 4.23. The number of hydrogen-bond donors (Lipinski definition) is 2. The fourth-order valence-electron chi connectivity index (χ4n) is 1.98. The van der Waals surface area contributed by atoms with Crippen molar-refractivity contribution in [3.05, 3.63) is 74.6 Å². The molecule has 0 fully saturated rings. The van der Waals surface area contributed by atoms with Gasteiger partial charge in [0.05, 0.1) is 5.69 Å². The molecular formula is C16H10Cl2N2O3. The number of anilines is 1. The third kappa shape index (κ3) is 3.47. The van der Waals surface area contributed by atoms with Crippen LogP contribution in [0.25, 0.3) is 11.0 Å². The van der Waals surface area contributed by atoms with Crippen LogP contribution in [0.3, 0.4) is 0 Å². The maximum absolute atomic E-state index is 12.1. The SMILES string of the molecule is O=C(NNc1ccc(Cl)cc1)c1cc2cc(Cl)ccc2oc1=O. The molecule has 0 spiro atoms. The zero-order chi connectivity index (χ0) is 16.4. The molecular weight excluding hydrogens is 339 g/mol. The average Bonchev–Trinajstić information content (AvgIpc) is 2.54. The van der Waals surface area contributed by atoms with E-state index in [1.165, 1.54) is 6.07 Å². The molecule has 0 saturated carbocycles. The molecule has 5 nitrogen and oxygen atoms in total. The van der Waals surface area contributed by atoms with E-state index >= 15 is 0 Å². The van der Waals surface area contributed by atoms with Gasteiger partial charge in [0, 0.05) is 15.4 Å². The molecule has 0 aliphatic heterocycles. The number of hydrogen-bond acceptors (Lipinski definition) is 4. The Hall–Kier alpha value is -2.50. The monoisotopic (exact) mass is 348 g/mol. The van der Waals surface area contributed by atoms with E-state index in [1.807, 2.05) is 0 Å². The molecule has 7 heteroatoms. The molecule has 0 saturated heterocycles. The van der Waals surface area contributed by atoms with Gasteiger partial charge in [0.15, 0.2) is 0 Å². The highest BCUT2D eigenvalue weighted by Gasteiger charge is 2.13. The molecule has 23 heavy (non-hydrogen) atoms. The molecule has 1 heterocycles. The number of hydrazine groups is 1. The number of rotatable bonds is 3. The molecule has 0 bridgehead atoms. The van der Waals surface area contributed by atoms with Crippen molar-refractivity contribution in [2.75, 3.05) is 5.43 Å². The Labute approximate surface area is 140 Å². The predicted molar refractivity (Wildman–Crippen MR) is 90.0 cm³/mol. The van der Waals surface area contributed by atoms with Crippen molar-refractivity contribution in [3.8, 4) is 0 Å². The van der Waals surface area contributed by atoms with Crippen LogP contribution in [0.15, 0.2) is 57.7 Å². The average molecular weight is 349 g/mol. The van der Waals surface area contributed by atoms with Gasteiger partial charge >= 0.3 is 5.63 Å². The highest BCUT2D eigenvalue weighted by molar-refractivity contribution is 6.31. The Bertz CT molecular complexity index is 936. The molecule has 3 aromatic rings. The zero-order valence-corrected chi connectivity index (χ0v) is 13.1. The fraction of sp³-hybridized carbons (Fsp3) is 0. The number of benzene rings is 2. The lowest BCUT2D eigenvalue weighted by Crippen LogP contribution is -2.32. The number of amides is 1. The number of halogens is 2. The molecule has 2 aromatic carbocycles. The highest BCUT2D eigenvalue weighted by Crippen LogP contribution is 2.19. The minimum atomic E-state index is -0.727. The summed E-state index contributed by atoms with van der Waals surface area (Å²) in [6, 6.07) is 12.9. The van der Waals surface area contributed by atoms with Gasteiger partial charge in [0.25, 0.3) is 5.91 Å². The van der Waals surface area contributed by atoms with E-state index < -0.39 is 11.5 Å². The van der Waals surface area contributed by atoms with Gasteiger partial charge in [0.1, 0.15) is 11.1 Å². The fourth-order valence-corrected chi connectivity index (χ4v) is 2.29. The highest BCUT2D eigenvalue weighted by atomic mass is 35.5. The summed E-state index contributed by atoms with van der Waals surface area (Å²) in [6.07, 6.45) is 0. The third-order valence-electron chi connectivity index (χ3n) is 3.10. The molecule has 1 aromatic heterocycles. The third-order valence-corrected chi connectivity index (χ3v) is 3.59. The lowest BCUT2D eigenvalue weighted by molar-refractivity contribution is 0.0959. The van der Waals surface area contributed by atoms with Crippen LogP contribution in [0, 0.1) is 0 Å². The van der Waals surface area contributed by atoms with Crippen LogP contribution in [-0.2, 0) is 0 Å². The summed E-state index contributed by atoms with van der Waals surface area (Å²) in [4.78, 5) is 24.1. The Morgan fingerprint density at radius 3 is 2.39 bits per heavy atom.